The van der Waals surface area contributed by atoms with Crippen LogP contribution in [0.1, 0.15) is 56.2 Å². The van der Waals surface area contributed by atoms with Gasteiger partial charge >= 0.3 is 0 Å². The number of aliphatic hydroxyl groups is 1. The van der Waals surface area contributed by atoms with Crippen molar-refractivity contribution in [2.75, 3.05) is 6.54 Å². The molecule has 3 aromatic rings. The lowest BCUT2D eigenvalue weighted by molar-refractivity contribution is -0.0846. The van der Waals surface area contributed by atoms with Crippen LogP contribution in [0.25, 0.3) is 0 Å². The zero-order valence-corrected chi connectivity index (χ0v) is 19.0. The van der Waals surface area contributed by atoms with Crippen LogP contribution in [0.5, 0.6) is 0 Å². The fourth-order valence-corrected chi connectivity index (χ4v) is 5.29. The highest BCUT2D eigenvalue weighted by atomic mass is 16.3. The van der Waals surface area contributed by atoms with Crippen molar-refractivity contribution >= 4 is 0 Å². The molecule has 2 atom stereocenters. The van der Waals surface area contributed by atoms with E-state index in [4.69, 9.17) is 0 Å². The molecule has 1 aliphatic heterocycles. The van der Waals surface area contributed by atoms with Crippen LogP contribution < -0.4 is 0 Å². The number of piperidine rings is 1. The van der Waals surface area contributed by atoms with Gasteiger partial charge in [0, 0.05) is 25.0 Å². The SMILES string of the molecule is CC(C)(C)C1CC(O)(C(c2ccccc2)c2ccccc2)CCN1Cc1ccccc1. The summed E-state index contributed by atoms with van der Waals surface area (Å²) in [6, 6.07) is 32.1. The normalized spacial score (nSPS) is 22.5. The minimum atomic E-state index is -0.784. The summed E-state index contributed by atoms with van der Waals surface area (Å²) in [5, 5.41) is 12.2. The average Bonchev–Trinajstić information content (AvgIpc) is 2.77. The van der Waals surface area contributed by atoms with Gasteiger partial charge in [0.2, 0.25) is 0 Å². The van der Waals surface area contributed by atoms with E-state index in [0.717, 1.165) is 25.9 Å². The Hall–Kier alpha value is -2.42. The Labute approximate surface area is 187 Å². The Morgan fingerprint density at radius 3 is 1.81 bits per heavy atom. The molecule has 1 fully saturated rings. The minimum absolute atomic E-state index is 0.0291. The van der Waals surface area contributed by atoms with Crippen molar-refractivity contribution in [1.29, 1.82) is 0 Å². The van der Waals surface area contributed by atoms with Gasteiger partial charge in [0.05, 0.1) is 5.60 Å². The van der Waals surface area contributed by atoms with Crippen LogP contribution in [-0.2, 0) is 6.54 Å². The molecule has 1 heterocycles. The van der Waals surface area contributed by atoms with Crippen molar-refractivity contribution in [2.45, 2.75) is 57.7 Å². The second kappa shape index (κ2) is 8.98. The maximum Gasteiger partial charge on any atom is 0.0783 e. The molecule has 2 unspecified atom stereocenters. The van der Waals surface area contributed by atoms with Gasteiger partial charge in [0.1, 0.15) is 0 Å². The first kappa shape index (κ1) is 21.8. The number of rotatable bonds is 5. The number of hydrogen-bond donors (Lipinski definition) is 1. The summed E-state index contributed by atoms with van der Waals surface area (Å²) in [5.41, 5.74) is 3.01. The molecule has 3 aromatic carbocycles. The highest BCUT2D eigenvalue weighted by Gasteiger charge is 2.47. The molecule has 31 heavy (non-hydrogen) atoms. The number of likely N-dealkylation sites (tertiary alicyclic amines) is 1. The predicted molar refractivity (Wildman–Crippen MR) is 129 cm³/mol. The van der Waals surface area contributed by atoms with E-state index in [1.807, 2.05) is 0 Å². The smallest absolute Gasteiger partial charge is 0.0783 e. The molecule has 1 aliphatic rings. The van der Waals surface area contributed by atoms with Crippen LogP contribution in [0.15, 0.2) is 91.0 Å². The largest absolute Gasteiger partial charge is 0.389 e. The summed E-state index contributed by atoms with van der Waals surface area (Å²) in [7, 11) is 0. The molecule has 0 aromatic heterocycles. The van der Waals surface area contributed by atoms with E-state index in [0.29, 0.717) is 6.04 Å². The van der Waals surface area contributed by atoms with Gasteiger partial charge in [-0.1, -0.05) is 112 Å². The third-order valence-corrected chi connectivity index (χ3v) is 6.85. The van der Waals surface area contributed by atoms with E-state index < -0.39 is 5.60 Å². The number of hydrogen-bond acceptors (Lipinski definition) is 2. The van der Waals surface area contributed by atoms with Crippen molar-refractivity contribution in [2.24, 2.45) is 5.41 Å². The lowest BCUT2D eigenvalue weighted by Gasteiger charge is -2.52. The molecule has 1 saturated heterocycles. The average molecular weight is 414 g/mol. The van der Waals surface area contributed by atoms with Crippen LogP contribution >= 0.6 is 0 Å². The lowest BCUT2D eigenvalue weighted by atomic mass is 9.66. The number of nitrogens with zero attached hydrogens (tertiary/aromatic N) is 1. The van der Waals surface area contributed by atoms with Gasteiger partial charge in [-0.3, -0.25) is 4.90 Å². The molecule has 0 saturated carbocycles. The van der Waals surface area contributed by atoms with Gasteiger partial charge in [0.15, 0.2) is 0 Å². The zero-order valence-electron chi connectivity index (χ0n) is 19.0. The Morgan fingerprint density at radius 1 is 0.839 bits per heavy atom. The van der Waals surface area contributed by atoms with E-state index in [9.17, 15) is 5.11 Å². The lowest BCUT2D eigenvalue weighted by Crippen LogP contribution is -2.56. The molecule has 1 N–H and O–H groups in total. The molecule has 0 bridgehead atoms. The maximum atomic E-state index is 12.2. The van der Waals surface area contributed by atoms with Gasteiger partial charge in [0.25, 0.3) is 0 Å². The zero-order chi connectivity index (χ0) is 21.9. The van der Waals surface area contributed by atoms with Crippen LogP contribution in [0.4, 0.5) is 0 Å². The van der Waals surface area contributed by atoms with Gasteiger partial charge in [-0.25, -0.2) is 0 Å². The molecule has 0 spiro atoms. The molecule has 0 radical (unpaired) electrons. The minimum Gasteiger partial charge on any atom is -0.389 e. The van der Waals surface area contributed by atoms with E-state index in [2.05, 4.69) is 117 Å². The highest BCUT2D eigenvalue weighted by Crippen LogP contribution is 2.46. The van der Waals surface area contributed by atoms with Crippen molar-refractivity contribution in [3.05, 3.63) is 108 Å². The number of benzene rings is 3. The Balaban J connectivity index is 1.68. The molecule has 2 nitrogen and oxygen atoms in total. The quantitative estimate of drug-likeness (QED) is 0.533. The van der Waals surface area contributed by atoms with Crippen LogP contribution in [0.2, 0.25) is 0 Å². The maximum absolute atomic E-state index is 12.2. The second-order valence-corrected chi connectivity index (χ2v) is 10.1. The predicted octanol–water partition coefficient (Wildman–Crippen LogP) is 6.26. The third kappa shape index (κ3) is 4.92. The summed E-state index contributed by atoms with van der Waals surface area (Å²) in [5.74, 6) is -0.0291. The monoisotopic (exact) mass is 413 g/mol. The first-order chi connectivity index (χ1) is 14.9. The van der Waals surface area contributed by atoms with Gasteiger partial charge < -0.3 is 5.11 Å². The van der Waals surface area contributed by atoms with Crippen LogP contribution in [0.3, 0.4) is 0 Å². The van der Waals surface area contributed by atoms with E-state index in [1.54, 1.807) is 0 Å². The highest BCUT2D eigenvalue weighted by molar-refractivity contribution is 5.36. The van der Waals surface area contributed by atoms with E-state index in [-0.39, 0.29) is 11.3 Å². The summed E-state index contributed by atoms with van der Waals surface area (Å²) in [4.78, 5) is 2.58. The van der Waals surface area contributed by atoms with Crippen molar-refractivity contribution in [1.82, 2.24) is 4.90 Å². The molecular formula is C29H35NO. The summed E-state index contributed by atoms with van der Waals surface area (Å²) in [6.07, 6.45) is 1.53. The van der Waals surface area contributed by atoms with Crippen LogP contribution in [-0.4, -0.2) is 28.2 Å². The molecule has 0 amide bonds. The second-order valence-electron chi connectivity index (χ2n) is 10.1. The molecule has 2 heteroatoms. The Bertz CT molecular complexity index is 909. The van der Waals surface area contributed by atoms with Crippen molar-refractivity contribution in [3.63, 3.8) is 0 Å². The van der Waals surface area contributed by atoms with Crippen molar-refractivity contribution < 1.29 is 5.11 Å². The molecule has 0 aliphatic carbocycles. The first-order valence-corrected chi connectivity index (χ1v) is 11.5. The Kier molecular flexibility index (Phi) is 6.31. The topological polar surface area (TPSA) is 23.5 Å². The summed E-state index contributed by atoms with van der Waals surface area (Å²) >= 11 is 0. The van der Waals surface area contributed by atoms with Gasteiger partial charge in [-0.2, -0.15) is 0 Å². The van der Waals surface area contributed by atoms with E-state index in [1.165, 1.54) is 16.7 Å². The summed E-state index contributed by atoms with van der Waals surface area (Å²) < 4.78 is 0. The molecule has 4 rings (SSSR count). The van der Waals surface area contributed by atoms with Crippen LogP contribution in [0, 0.1) is 5.41 Å². The standard InChI is InChI=1S/C29H35NO/c1-28(2,3)26-21-29(31,19-20-30(26)22-23-13-7-4-8-14-23)27(24-15-9-5-10-16-24)25-17-11-6-12-18-25/h4-18,26-27,31H,19-22H2,1-3H3. The van der Waals surface area contributed by atoms with E-state index >= 15 is 0 Å². The molecular weight excluding hydrogens is 378 g/mol. The fraction of sp³-hybridized carbons (Fsp3) is 0.379. The van der Waals surface area contributed by atoms with Crippen molar-refractivity contribution in [3.8, 4) is 0 Å². The van der Waals surface area contributed by atoms with Gasteiger partial charge in [-0.15, -0.1) is 0 Å². The molecule has 162 valence electrons. The summed E-state index contributed by atoms with van der Waals surface area (Å²) in [6.45, 7) is 8.74. The fourth-order valence-electron chi connectivity index (χ4n) is 5.29. The Morgan fingerprint density at radius 2 is 1.32 bits per heavy atom. The first-order valence-electron chi connectivity index (χ1n) is 11.5. The van der Waals surface area contributed by atoms with Gasteiger partial charge in [-0.05, 0) is 34.9 Å². The third-order valence-electron chi connectivity index (χ3n) is 6.85.